The lowest BCUT2D eigenvalue weighted by Crippen LogP contribution is -2.25. The topological polar surface area (TPSA) is 0 Å². The van der Waals surface area contributed by atoms with Crippen LogP contribution in [0.2, 0.25) is 0 Å². The fourth-order valence-corrected chi connectivity index (χ4v) is 14.6. The van der Waals surface area contributed by atoms with E-state index in [-0.39, 0.29) is 0 Å². The standard InChI is InChI=1S/C23H34.C22H32.C21H30/c1-3-4-5-19-8-12-21(13-9-19)23-16-14-22(15-17-23)20-10-6-18(2)7-11-20;1-3-4-18-7-11-20(12-8-18)22-15-13-21(14-16-22)19-9-5-17(2)6-10-19;1-3-17-6-10-19(11-7-17)21-14-12-20(13-15-21)18-8-4-16(2)5-9-18/h3,6-7,10-11,19,21-23H,1,4-5,8-9,12-17H2,2H3;3,5-6,9-10,18,20-22H,1,4,7-8,11-16H2,2H3;3-5,8-9,17,19-21H,1,6-7,10-15H2,2H3. The smallest absolute Gasteiger partial charge is 0.0162 e. The Morgan fingerprint density at radius 2 is 0.636 bits per heavy atom. The lowest BCUT2D eigenvalue weighted by molar-refractivity contribution is 0.157. The summed E-state index contributed by atoms with van der Waals surface area (Å²) in [6, 6.07) is 27.8. The monoisotopic (exact) mass is 889 g/mol. The molecule has 0 aliphatic heterocycles. The first-order chi connectivity index (χ1) is 32.3. The van der Waals surface area contributed by atoms with Gasteiger partial charge in [-0.15, -0.1) is 19.7 Å². The number of hydrogen-bond donors (Lipinski definition) is 0. The molecule has 0 radical (unpaired) electrons. The molecule has 0 unspecified atom stereocenters. The average Bonchev–Trinajstić information content (AvgIpc) is 3.37. The van der Waals surface area contributed by atoms with Gasteiger partial charge in [-0.3, -0.25) is 0 Å². The van der Waals surface area contributed by atoms with E-state index in [2.05, 4.69) is 132 Å². The highest BCUT2D eigenvalue weighted by atomic mass is 14.4. The van der Waals surface area contributed by atoms with E-state index in [0.717, 1.165) is 71.0 Å². The molecule has 6 aliphatic carbocycles. The largest absolute Gasteiger partial charge is 0.103 e. The highest BCUT2D eigenvalue weighted by molar-refractivity contribution is 5.27. The lowest BCUT2D eigenvalue weighted by Gasteiger charge is -2.38. The minimum absolute atomic E-state index is 0.810. The normalized spacial score (nSPS) is 32.6. The van der Waals surface area contributed by atoms with Crippen molar-refractivity contribution in [3.63, 3.8) is 0 Å². The Hall–Kier alpha value is -3.12. The first kappa shape index (κ1) is 50.7. The zero-order valence-electron chi connectivity index (χ0n) is 42.8. The van der Waals surface area contributed by atoms with Crippen molar-refractivity contribution in [3.8, 4) is 0 Å². The van der Waals surface area contributed by atoms with Gasteiger partial charge in [-0.1, -0.05) is 121 Å². The van der Waals surface area contributed by atoms with Crippen molar-refractivity contribution in [2.45, 2.75) is 212 Å². The summed E-state index contributed by atoms with van der Waals surface area (Å²) in [6.45, 7) is 18.3. The number of benzene rings is 3. The van der Waals surface area contributed by atoms with Gasteiger partial charge in [-0.05, 0) is 269 Å². The van der Waals surface area contributed by atoms with Crippen molar-refractivity contribution in [2.24, 2.45) is 53.3 Å². The van der Waals surface area contributed by atoms with Gasteiger partial charge in [0, 0.05) is 0 Å². The van der Waals surface area contributed by atoms with Gasteiger partial charge in [-0.25, -0.2) is 0 Å². The third-order valence-electron chi connectivity index (χ3n) is 19.2. The highest BCUT2D eigenvalue weighted by Crippen LogP contribution is 2.47. The van der Waals surface area contributed by atoms with Crippen molar-refractivity contribution in [2.75, 3.05) is 0 Å². The van der Waals surface area contributed by atoms with Gasteiger partial charge in [0.15, 0.2) is 0 Å². The van der Waals surface area contributed by atoms with Crippen LogP contribution in [0.1, 0.15) is 224 Å². The summed E-state index contributed by atoms with van der Waals surface area (Å²) in [7, 11) is 0. The fourth-order valence-electron chi connectivity index (χ4n) is 14.6. The summed E-state index contributed by atoms with van der Waals surface area (Å²) < 4.78 is 0. The van der Waals surface area contributed by atoms with Crippen LogP contribution in [0.3, 0.4) is 0 Å². The molecule has 6 fully saturated rings. The Balaban J connectivity index is 0.000000147. The summed E-state index contributed by atoms with van der Waals surface area (Å²) in [5.41, 5.74) is 8.89. The molecule has 0 saturated heterocycles. The molecule has 0 atom stereocenters. The van der Waals surface area contributed by atoms with Crippen molar-refractivity contribution in [1.29, 1.82) is 0 Å². The van der Waals surface area contributed by atoms with Crippen LogP contribution < -0.4 is 0 Å². The van der Waals surface area contributed by atoms with Crippen LogP contribution in [0.5, 0.6) is 0 Å². The number of hydrogen-bond acceptors (Lipinski definition) is 0. The Kier molecular flexibility index (Phi) is 20.4. The van der Waals surface area contributed by atoms with Gasteiger partial charge in [-0.2, -0.15) is 0 Å². The SMILES string of the molecule is C=CC1CCC(C2CCC(c3ccc(C)cc3)CC2)CC1.C=CCC1CCC(C2CCC(c3ccc(C)cc3)CC2)CC1.C=CCCC1CCC(C2CCC(c3ccc(C)cc3)CC2)CC1. The van der Waals surface area contributed by atoms with E-state index >= 15 is 0 Å². The number of aryl methyl sites for hydroxylation is 3. The zero-order valence-corrected chi connectivity index (χ0v) is 42.8. The molecule has 360 valence electrons. The third-order valence-corrected chi connectivity index (χ3v) is 19.2. The van der Waals surface area contributed by atoms with Crippen LogP contribution in [0.15, 0.2) is 111 Å². The predicted molar refractivity (Wildman–Crippen MR) is 288 cm³/mol. The average molecular weight is 889 g/mol. The second-order valence-corrected chi connectivity index (χ2v) is 23.4. The molecule has 0 amide bonds. The Morgan fingerprint density at radius 3 is 0.924 bits per heavy atom. The minimum atomic E-state index is 0.810. The lowest BCUT2D eigenvalue weighted by atomic mass is 9.68. The van der Waals surface area contributed by atoms with Gasteiger partial charge in [0.1, 0.15) is 0 Å². The van der Waals surface area contributed by atoms with E-state index in [1.165, 1.54) is 190 Å². The molecule has 6 saturated carbocycles. The van der Waals surface area contributed by atoms with Crippen LogP contribution in [-0.4, -0.2) is 0 Å². The molecule has 9 rings (SSSR count). The summed E-state index contributed by atoms with van der Waals surface area (Å²) >= 11 is 0. The summed E-state index contributed by atoms with van der Waals surface area (Å²) in [5, 5.41) is 0. The Labute approximate surface area is 407 Å². The summed E-state index contributed by atoms with van der Waals surface area (Å²) in [5.74, 6) is 11.4. The van der Waals surface area contributed by atoms with Gasteiger partial charge in [0.05, 0.1) is 0 Å². The molecule has 0 spiro atoms. The zero-order chi connectivity index (χ0) is 46.1. The maximum atomic E-state index is 3.97. The van der Waals surface area contributed by atoms with Gasteiger partial charge in [0.25, 0.3) is 0 Å². The van der Waals surface area contributed by atoms with Crippen LogP contribution in [0, 0.1) is 74.0 Å². The third kappa shape index (κ3) is 15.2. The number of allylic oxidation sites excluding steroid dienone is 3. The highest BCUT2D eigenvalue weighted by Gasteiger charge is 2.33. The van der Waals surface area contributed by atoms with Crippen LogP contribution in [-0.2, 0) is 0 Å². The first-order valence-corrected chi connectivity index (χ1v) is 28.3. The molecular weight excluding hydrogens is 793 g/mol. The van der Waals surface area contributed by atoms with E-state index in [1.807, 2.05) is 0 Å². The Morgan fingerprint density at radius 1 is 0.348 bits per heavy atom. The van der Waals surface area contributed by atoms with Gasteiger partial charge < -0.3 is 0 Å². The molecule has 0 N–H and O–H groups in total. The molecular formula is C66H96. The maximum absolute atomic E-state index is 3.97. The van der Waals surface area contributed by atoms with Gasteiger partial charge >= 0.3 is 0 Å². The first-order valence-electron chi connectivity index (χ1n) is 28.3. The summed E-state index contributed by atoms with van der Waals surface area (Å²) in [6.07, 6.45) is 45.1. The van der Waals surface area contributed by atoms with Crippen LogP contribution in [0.25, 0.3) is 0 Å². The Bertz CT molecular complexity index is 1800. The van der Waals surface area contributed by atoms with E-state index < -0.39 is 0 Å². The van der Waals surface area contributed by atoms with E-state index in [1.54, 1.807) is 16.7 Å². The minimum Gasteiger partial charge on any atom is -0.103 e. The molecule has 3 aromatic carbocycles. The molecule has 3 aromatic rings. The summed E-state index contributed by atoms with van der Waals surface area (Å²) in [4.78, 5) is 0. The molecule has 0 nitrogen and oxygen atoms in total. The van der Waals surface area contributed by atoms with Crippen LogP contribution in [0.4, 0.5) is 0 Å². The fraction of sp³-hybridized carbons (Fsp3) is 0.636. The second kappa shape index (κ2) is 26.6. The van der Waals surface area contributed by atoms with Crippen molar-refractivity contribution in [3.05, 3.63) is 144 Å². The number of rotatable bonds is 12. The molecule has 6 aliphatic rings. The van der Waals surface area contributed by atoms with E-state index in [0.29, 0.717) is 0 Å². The van der Waals surface area contributed by atoms with Crippen LogP contribution >= 0.6 is 0 Å². The molecule has 0 bridgehead atoms. The molecule has 0 aromatic heterocycles. The van der Waals surface area contributed by atoms with Crippen molar-refractivity contribution in [1.82, 2.24) is 0 Å². The molecule has 0 heterocycles. The van der Waals surface area contributed by atoms with Crippen molar-refractivity contribution >= 4 is 0 Å². The molecule has 66 heavy (non-hydrogen) atoms. The van der Waals surface area contributed by atoms with Gasteiger partial charge in [0.2, 0.25) is 0 Å². The second-order valence-electron chi connectivity index (χ2n) is 23.4. The molecule has 0 heteroatoms. The van der Waals surface area contributed by atoms with E-state index in [9.17, 15) is 0 Å². The quantitative estimate of drug-likeness (QED) is 0.159. The maximum Gasteiger partial charge on any atom is -0.0162 e. The van der Waals surface area contributed by atoms with Crippen molar-refractivity contribution < 1.29 is 0 Å². The van der Waals surface area contributed by atoms with E-state index in [4.69, 9.17) is 0 Å². The predicted octanol–water partition coefficient (Wildman–Crippen LogP) is 20.0.